The molecule has 0 fully saturated rings. The molecule has 0 spiro atoms. The Balaban J connectivity index is 2.56. The lowest BCUT2D eigenvalue weighted by Crippen LogP contribution is -2.34. The highest BCUT2D eigenvalue weighted by Gasteiger charge is 2.22. The van der Waals surface area contributed by atoms with E-state index in [0.29, 0.717) is 12.4 Å². The number of rotatable bonds is 6. The number of hydrogen-bond donors (Lipinski definition) is 1. The average molecular weight is 303 g/mol. The van der Waals surface area contributed by atoms with E-state index in [9.17, 15) is 13.2 Å². The first-order chi connectivity index (χ1) is 9.13. The molecule has 1 aromatic rings. The van der Waals surface area contributed by atoms with Gasteiger partial charge in [0.1, 0.15) is 11.4 Å². The Morgan fingerprint density at radius 2 is 2.10 bits per heavy atom. The van der Waals surface area contributed by atoms with Gasteiger partial charge >= 0.3 is 5.97 Å². The highest BCUT2D eigenvalue weighted by Crippen LogP contribution is 2.07. The average Bonchev–Trinajstić information content (AvgIpc) is 2.70. The minimum atomic E-state index is -3.73. The van der Waals surface area contributed by atoms with Crippen molar-refractivity contribution in [1.82, 2.24) is 14.3 Å². The summed E-state index contributed by atoms with van der Waals surface area (Å²) in [5.74, 6) is -0.874. The van der Waals surface area contributed by atoms with Gasteiger partial charge in [0.25, 0.3) is 0 Å². The molecule has 8 heteroatoms. The number of carbonyl (C=O) groups excluding carboxylic acids is 1. The fraction of sp³-hybridized carbons (Fsp3) is 0.667. The predicted molar refractivity (Wildman–Crippen MR) is 74.4 cm³/mol. The smallest absolute Gasteiger partial charge is 0.323 e. The zero-order chi connectivity index (χ0) is 15.4. The van der Waals surface area contributed by atoms with E-state index < -0.39 is 27.3 Å². The normalized spacial score (nSPS) is 12.4. The quantitative estimate of drug-likeness (QED) is 0.780. The largest absolute Gasteiger partial charge is 0.459 e. The van der Waals surface area contributed by atoms with E-state index in [0.717, 1.165) is 0 Å². The summed E-state index contributed by atoms with van der Waals surface area (Å²) >= 11 is 0. The van der Waals surface area contributed by atoms with Gasteiger partial charge in [-0.15, -0.1) is 0 Å². The summed E-state index contributed by atoms with van der Waals surface area (Å²) in [7, 11) is -3.73. The van der Waals surface area contributed by atoms with Crippen LogP contribution in [0.5, 0.6) is 0 Å². The summed E-state index contributed by atoms with van der Waals surface area (Å²) in [6.07, 6.45) is 3.36. The second kappa shape index (κ2) is 6.36. The number of esters is 1. The summed E-state index contributed by atoms with van der Waals surface area (Å²) in [6.45, 7) is 7.73. The van der Waals surface area contributed by atoms with Crippen LogP contribution in [0.15, 0.2) is 12.4 Å². The number of aryl methyl sites for hydroxylation is 1. The first-order valence-electron chi connectivity index (χ1n) is 6.32. The molecule has 1 rings (SSSR count). The number of hydrogen-bond acceptors (Lipinski definition) is 5. The van der Waals surface area contributed by atoms with E-state index in [2.05, 4.69) is 9.71 Å². The third-order valence-electron chi connectivity index (χ3n) is 2.32. The van der Waals surface area contributed by atoms with E-state index in [1.54, 1.807) is 33.2 Å². The minimum Gasteiger partial charge on any atom is -0.459 e. The lowest BCUT2D eigenvalue weighted by molar-refractivity contribution is -0.151. The van der Waals surface area contributed by atoms with Crippen molar-refractivity contribution in [2.75, 3.05) is 5.75 Å². The van der Waals surface area contributed by atoms with Gasteiger partial charge in [-0.3, -0.25) is 4.79 Å². The van der Waals surface area contributed by atoms with Crippen LogP contribution < -0.4 is 4.72 Å². The number of nitrogens with zero attached hydrogens (tertiary/aromatic N) is 2. The molecule has 0 aliphatic carbocycles. The Hall–Kier alpha value is -1.41. The molecule has 0 unspecified atom stereocenters. The standard InChI is InChI=1S/C12H21N3O4S/c1-5-15-7-6-13-10(15)8-14-20(17,18)9-11(16)19-12(2,3)4/h6-7,14H,5,8-9H2,1-4H3. The monoisotopic (exact) mass is 303 g/mol. The number of ether oxygens (including phenoxy) is 1. The Labute approximate surface area is 119 Å². The number of nitrogens with one attached hydrogen (secondary N) is 1. The van der Waals surface area contributed by atoms with Crippen molar-refractivity contribution in [2.45, 2.75) is 46.4 Å². The molecule has 0 atom stereocenters. The lowest BCUT2D eigenvalue weighted by Gasteiger charge is -2.19. The van der Waals surface area contributed by atoms with Gasteiger partial charge < -0.3 is 9.30 Å². The number of sulfonamides is 1. The third kappa shape index (κ3) is 5.70. The van der Waals surface area contributed by atoms with Crippen molar-refractivity contribution in [2.24, 2.45) is 0 Å². The first-order valence-corrected chi connectivity index (χ1v) is 7.97. The fourth-order valence-corrected chi connectivity index (χ4v) is 2.37. The number of carbonyl (C=O) groups is 1. The molecule has 0 bridgehead atoms. The molecule has 0 saturated carbocycles. The highest BCUT2D eigenvalue weighted by molar-refractivity contribution is 7.90. The van der Waals surface area contributed by atoms with Crippen LogP contribution >= 0.6 is 0 Å². The molecule has 0 radical (unpaired) electrons. The molecule has 1 heterocycles. The number of imidazole rings is 1. The van der Waals surface area contributed by atoms with Crippen LogP contribution in [-0.2, 0) is 32.6 Å². The highest BCUT2D eigenvalue weighted by atomic mass is 32.2. The van der Waals surface area contributed by atoms with Crippen LogP contribution in [0, 0.1) is 0 Å². The van der Waals surface area contributed by atoms with Crippen LogP contribution in [0.2, 0.25) is 0 Å². The maximum Gasteiger partial charge on any atom is 0.323 e. The summed E-state index contributed by atoms with van der Waals surface area (Å²) < 4.78 is 32.7. The molecule has 1 aromatic heterocycles. The molecule has 0 amide bonds. The van der Waals surface area contributed by atoms with Gasteiger partial charge in [0.2, 0.25) is 10.0 Å². The van der Waals surface area contributed by atoms with Gasteiger partial charge in [-0.25, -0.2) is 18.1 Å². The van der Waals surface area contributed by atoms with Crippen LogP contribution in [-0.4, -0.2) is 35.3 Å². The summed E-state index contributed by atoms with van der Waals surface area (Å²) in [4.78, 5) is 15.5. The predicted octanol–water partition coefficient (Wildman–Crippen LogP) is 0.664. The van der Waals surface area contributed by atoms with Crippen LogP contribution in [0.4, 0.5) is 0 Å². The Bertz CT molecular complexity index is 558. The van der Waals surface area contributed by atoms with Gasteiger partial charge in [-0.1, -0.05) is 0 Å². The van der Waals surface area contributed by atoms with Gasteiger partial charge in [0.05, 0.1) is 6.54 Å². The summed E-state index contributed by atoms with van der Waals surface area (Å²) in [5.41, 5.74) is -0.703. The maximum atomic E-state index is 11.8. The maximum absolute atomic E-state index is 11.8. The Kier molecular flexibility index (Phi) is 5.29. The van der Waals surface area contributed by atoms with Crippen LogP contribution in [0.3, 0.4) is 0 Å². The fourth-order valence-electron chi connectivity index (χ4n) is 1.55. The molecule has 0 aliphatic heterocycles. The Morgan fingerprint density at radius 1 is 1.45 bits per heavy atom. The second-order valence-corrected chi connectivity index (χ2v) is 7.10. The van der Waals surface area contributed by atoms with E-state index >= 15 is 0 Å². The molecule has 0 aromatic carbocycles. The van der Waals surface area contributed by atoms with Gasteiger partial charge in [-0.2, -0.15) is 0 Å². The SMILES string of the molecule is CCn1ccnc1CNS(=O)(=O)CC(=O)OC(C)(C)C. The minimum absolute atomic E-state index is 0.0476. The van der Waals surface area contributed by atoms with Crippen molar-refractivity contribution < 1.29 is 17.9 Å². The molecule has 7 nitrogen and oxygen atoms in total. The molecule has 1 N–H and O–H groups in total. The molecule has 0 saturated heterocycles. The molecule has 20 heavy (non-hydrogen) atoms. The van der Waals surface area contributed by atoms with Gasteiger partial charge in [-0.05, 0) is 27.7 Å². The van der Waals surface area contributed by atoms with E-state index in [1.807, 2.05) is 11.5 Å². The van der Waals surface area contributed by atoms with E-state index in [1.165, 1.54) is 0 Å². The van der Waals surface area contributed by atoms with Crippen molar-refractivity contribution in [1.29, 1.82) is 0 Å². The third-order valence-corrected chi connectivity index (χ3v) is 3.52. The molecule has 0 aliphatic rings. The van der Waals surface area contributed by atoms with E-state index in [4.69, 9.17) is 4.74 Å². The zero-order valence-electron chi connectivity index (χ0n) is 12.2. The van der Waals surface area contributed by atoms with Crippen molar-refractivity contribution in [3.8, 4) is 0 Å². The lowest BCUT2D eigenvalue weighted by atomic mass is 10.2. The van der Waals surface area contributed by atoms with Crippen LogP contribution in [0.25, 0.3) is 0 Å². The second-order valence-electron chi connectivity index (χ2n) is 5.30. The van der Waals surface area contributed by atoms with Crippen LogP contribution in [0.1, 0.15) is 33.5 Å². The molecule has 114 valence electrons. The zero-order valence-corrected chi connectivity index (χ0v) is 13.0. The molecular formula is C12H21N3O4S. The topological polar surface area (TPSA) is 90.3 Å². The van der Waals surface area contributed by atoms with E-state index in [-0.39, 0.29) is 6.54 Å². The van der Waals surface area contributed by atoms with Gasteiger partial charge in [0.15, 0.2) is 5.75 Å². The van der Waals surface area contributed by atoms with Crippen molar-refractivity contribution in [3.63, 3.8) is 0 Å². The Morgan fingerprint density at radius 3 is 2.65 bits per heavy atom. The number of aromatic nitrogens is 2. The van der Waals surface area contributed by atoms with Crippen molar-refractivity contribution in [3.05, 3.63) is 18.2 Å². The summed E-state index contributed by atoms with van der Waals surface area (Å²) in [5, 5.41) is 0. The van der Waals surface area contributed by atoms with Gasteiger partial charge in [0, 0.05) is 18.9 Å². The summed E-state index contributed by atoms with van der Waals surface area (Å²) in [6, 6.07) is 0. The molecular weight excluding hydrogens is 282 g/mol. The first kappa shape index (κ1) is 16.6. The van der Waals surface area contributed by atoms with Crippen molar-refractivity contribution >= 4 is 16.0 Å².